The van der Waals surface area contributed by atoms with Gasteiger partial charge in [0, 0.05) is 43.2 Å². The Morgan fingerprint density at radius 1 is 1.00 bits per heavy atom. The molecule has 1 aliphatic heterocycles. The second-order valence-electron chi connectivity index (χ2n) is 14.0. The fourth-order valence-corrected chi connectivity index (χ4v) is 7.24. The number of benzene rings is 3. The van der Waals surface area contributed by atoms with Crippen molar-refractivity contribution in [1.29, 1.82) is 0 Å². The van der Waals surface area contributed by atoms with Gasteiger partial charge in [-0.25, -0.2) is 4.98 Å². The lowest BCUT2D eigenvalue weighted by molar-refractivity contribution is -0.112. The van der Waals surface area contributed by atoms with Gasteiger partial charge in [-0.2, -0.15) is 8.42 Å². The van der Waals surface area contributed by atoms with E-state index in [0.717, 1.165) is 96.2 Å². The van der Waals surface area contributed by atoms with Crippen molar-refractivity contribution in [3.8, 4) is 16.9 Å². The van der Waals surface area contributed by atoms with Crippen LogP contribution in [0.4, 0.5) is 11.4 Å². The molecular formula is C42H56N4O7S2. The summed E-state index contributed by atoms with van der Waals surface area (Å²) < 4.78 is 52.5. The largest absolute Gasteiger partial charge is 0.611 e. The van der Waals surface area contributed by atoms with Gasteiger partial charge in [-0.05, 0) is 114 Å². The molecule has 11 nitrogen and oxygen atoms in total. The van der Waals surface area contributed by atoms with E-state index in [1.54, 1.807) is 12.5 Å². The molecule has 1 aliphatic rings. The number of ether oxygens (including phenoxy) is 2. The van der Waals surface area contributed by atoms with Crippen LogP contribution >= 0.6 is 0 Å². The number of aromatic nitrogens is 2. The van der Waals surface area contributed by atoms with Crippen molar-refractivity contribution < 1.29 is 31.8 Å². The molecule has 55 heavy (non-hydrogen) atoms. The predicted molar refractivity (Wildman–Crippen MR) is 223 cm³/mol. The number of nitrogens with zero attached hydrogens (tertiary/aromatic N) is 3. The van der Waals surface area contributed by atoms with Crippen LogP contribution in [-0.2, 0) is 43.1 Å². The Hall–Kier alpha value is -4.14. The number of fused-ring (bicyclic) bond motifs is 1. The molecule has 13 heteroatoms. The van der Waals surface area contributed by atoms with E-state index >= 15 is 0 Å². The minimum atomic E-state index is -3.67. The lowest BCUT2D eigenvalue weighted by atomic mass is 9.96. The number of carbonyl (C=O) groups excluding carboxylic acids is 1. The van der Waals surface area contributed by atoms with E-state index < -0.39 is 21.3 Å². The van der Waals surface area contributed by atoms with Crippen LogP contribution in [0.2, 0.25) is 0 Å². The molecule has 0 saturated carbocycles. The van der Waals surface area contributed by atoms with Crippen molar-refractivity contribution in [1.82, 2.24) is 9.55 Å². The number of aryl methyl sites for hydroxylation is 1. The summed E-state index contributed by atoms with van der Waals surface area (Å²) in [6.45, 7) is 13.3. The minimum absolute atomic E-state index is 0.115. The van der Waals surface area contributed by atoms with Crippen molar-refractivity contribution in [2.24, 2.45) is 5.92 Å². The lowest BCUT2D eigenvalue weighted by Gasteiger charge is -2.30. The van der Waals surface area contributed by atoms with E-state index in [1.165, 1.54) is 0 Å². The molecule has 1 aromatic heterocycles. The number of imidazole rings is 1. The Morgan fingerprint density at radius 2 is 1.71 bits per heavy atom. The van der Waals surface area contributed by atoms with Crippen LogP contribution in [0.3, 0.4) is 0 Å². The lowest BCUT2D eigenvalue weighted by Crippen LogP contribution is -2.30. The summed E-state index contributed by atoms with van der Waals surface area (Å²) in [6.07, 6.45) is 11.1. The summed E-state index contributed by atoms with van der Waals surface area (Å²) in [5.41, 5.74) is 6.73. The van der Waals surface area contributed by atoms with Gasteiger partial charge in [-0.1, -0.05) is 52.3 Å². The molecule has 2 N–H and O–H groups in total. The number of unbranched alkanes of at least 4 members (excludes halogenated alkanes) is 1. The average molecular weight is 793 g/mol. The summed E-state index contributed by atoms with van der Waals surface area (Å²) in [4.78, 5) is 21.1. The molecule has 5 rings (SSSR count). The first kappa shape index (κ1) is 43.6. The Labute approximate surface area is 330 Å². The molecule has 0 aliphatic carbocycles. The number of carbonyl (C=O) groups is 1. The van der Waals surface area contributed by atoms with E-state index in [-0.39, 0.29) is 5.91 Å². The maximum atomic E-state index is 13.7. The summed E-state index contributed by atoms with van der Waals surface area (Å²) in [5.74, 6) is 1.62. The first-order valence-corrected chi connectivity index (χ1v) is 22.1. The fourth-order valence-electron chi connectivity index (χ4n) is 6.13. The van der Waals surface area contributed by atoms with E-state index in [2.05, 4.69) is 83.9 Å². The summed E-state index contributed by atoms with van der Waals surface area (Å²) in [6, 6.07) is 22.1. The maximum absolute atomic E-state index is 13.7. The van der Waals surface area contributed by atoms with Crippen LogP contribution in [0.15, 0.2) is 89.7 Å². The van der Waals surface area contributed by atoms with Gasteiger partial charge in [0.05, 0.1) is 31.1 Å². The van der Waals surface area contributed by atoms with Gasteiger partial charge in [0.1, 0.15) is 12.4 Å². The first-order chi connectivity index (χ1) is 26.3. The van der Waals surface area contributed by atoms with Crippen LogP contribution in [0.1, 0.15) is 71.1 Å². The highest BCUT2D eigenvalue weighted by Gasteiger charge is 2.20. The van der Waals surface area contributed by atoms with Crippen molar-refractivity contribution in [2.75, 3.05) is 49.4 Å². The number of rotatable bonds is 17. The second-order valence-corrected chi connectivity index (χ2v) is 16.9. The van der Waals surface area contributed by atoms with E-state index in [1.807, 2.05) is 36.4 Å². The Kier molecular flexibility index (Phi) is 17.3. The zero-order valence-corrected chi connectivity index (χ0v) is 34.3. The number of anilines is 2. The van der Waals surface area contributed by atoms with Crippen molar-refractivity contribution >= 4 is 44.7 Å². The van der Waals surface area contributed by atoms with Gasteiger partial charge in [-0.3, -0.25) is 9.35 Å². The minimum Gasteiger partial charge on any atom is -0.611 e. The summed E-state index contributed by atoms with van der Waals surface area (Å²) in [5, 5.41) is 3.10. The van der Waals surface area contributed by atoms with Gasteiger partial charge in [0.15, 0.2) is 10.6 Å². The zero-order chi connectivity index (χ0) is 39.8. The third-order valence-corrected chi connectivity index (χ3v) is 10.0. The Bertz CT molecular complexity index is 1920. The molecular weight excluding hydrogens is 737 g/mol. The molecule has 1 atom stereocenters. The van der Waals surface area contributed by atoms with Gasteiger partial charge in [0.2, 0.25) is 0 Å². The monoisotopic (exact) mass is 792 g/mol. The van der Waals surface area contributed by atoms with Crippen LogP contribution in [0.5, 0.6) is 5.75 Å². The molecule has 0 spiro atoms. The standard InChI is InChI=1S/C41H52N4O4S.CH4O3S/c1-5-7-22-48-23-24-49-38-15-10-32(11-16-38)33-12-19-40-35(25-33)26-34(9-8-21-44(40)28-31(3)4)41(46)43-36-13-17-39(18-14-36)50(47)29-37-27-42-30-45(37)20-6-2;1-5(2,3)4/h10-19,25-27,30-31H,5-9,20-24,28-29H2,1-4H3,(H,43,46);1H3,(H,2,3,4)/t50-;/m0./s1. The number of amides is 1. The molecule has 2 heterocycles. The third-order valence-electron chi connectivity index (χ3n) is 8.69. The molecule has 1 amide bonds. The van der Waals surface area contributed by atoms with E-state index in [4.69, 9.17) is 14.0 Å². The van der Waals surface area contributed by atoms with Gasteiger partial charge < -0.3 is 28.8 Å². The fraction of sp³-hybridized carbons (Fsp3) is 0.429. The molecule has 0 bridgehead atoms. The molecule has 0 fully saturated rings. The smallest absolute Gasteiger partial charge is 0.261 e. The van der Waals surface area contributed by atoms with Crippen LogP contribution < -0.4 is 15.0 Å². The molecule has 4 aromatic rings. The first-order valence-electron chi connectivity index (χ1n) is 19.0. The number of nitrogens with one attached hydrogen (secondary N) is 1. The average Bonchev–Trinajstić information content (AvgIpc) is 3.57. The zero-order valence-electron chi connectivity index (χ0n) is 32.7. The normalized spacial score (nSPS) is 13.5. The molecule has 3 aromatic carbocycles. The topological polar surface area (TPSA) is 146 Å². The maximum Gasteiger partial charge on any atom is 0.261 e. The Morgan fingerprint density at radius 3 is 2.38 bits per heavy atom. The SMILES string of the molecule is CCCCOCCOc1ccc(-c2ccc3c(c2)C=C(C(=O)Nc2ccc([S@@+]([O-])Cc4cncn4CCC)cc2)CCCN3CC(C)C)cc1.CS(=O)(=O)O. The third kappa shape index (κ3) is 14.8. The summed E-state index contributed by atoms with van der Waals surface area (Å²) in [7, 11) is -3.67. The highest BCUT2D eigenvalue weighted by molar-refractivity contribution is 7.90. The highest BCUT2D eigenvalue weighted by Crippen LogP contribution is 2.33. The predicted octanol–water partition coefficient (Wildman–Crippen LogP) is 8.25. The van der Waals surface area contributed by atoms with Crippen molar-refractivity contribution in [3.05, 3.63) is 96.1 Å². The summed E-state index contributed by atoms with van der Waals surface area (Å²) >= 11 is -1.21. The number of hydrogen-bond acceptors (Lipinski definition) is 8. The van der Waals surface area contributed by atoms with E-state index in [0.29, 0.717) is 43.2 Å². The van der Waals surface area contributed by atoms with Crippen LogP contribution in [0.25, 0.3) is 17.2 Å². The van der Waals surface area contributed by atoms with Gasteiger partial charge in [-0.15, -0.1) is 0 Å². The quantitative estimate of drug-likeness (QED) is 0.0613. The van der Waals surface area contributed by atoms with Gasteiger partial charge in [0.25, 0.3) is 16.0 Å². The van der Waals surface area contributed by atoms with Crippen LogP contribution in [0, 0.1) is 5.92 Å². The number of hydrogen-bond donors (Lipinski definition) is 2. The molecule has 0 unspecified atom stereocenters. The van der Waals surface area contributed by atoms with Gasteiger partial charge >= 0.3 is 0 Å². The van der Waals surface area contributed by atoms with E-state index in [9.17, 15) is 17.8 Å². The van der Waals surface area contributed by atoms with Crippen LogP contribution in [-0.4, -0.2) is 72.1 Å². The second kappa shape index (κ2) is 21.8. The highest BCUT2D eigenvalue weighted by atomic mass is 32.2. The molecule has 298 valence electrons. The van der Waals surface area contributed by atoms with Crippen molar-refractivity contribution in [2.45, 2.75) is 77.0 Å². The molecule has 0 saturated heterocycles. The molecule has 0 radical (unpaired) electrons. The van der Waals surface area contributed by atoms with Crippen molar-refractivity contribution in [3.63, 3.8) is 0 Å². The Balaban J connectivity index is 0.00000126.